The van der Waals surface area contributed by atoms with E-state index in [0.717, 1.165) is 0 Å². The summed E-state index contributed by atoms with van der Waals surface area (Å²) in [6.45, 7) is 2.24. The van der Waals surface area contributed by atoms with Gasteiger partial charge in [0.05, 0.1) is 37.4 Å². The van der Waals surface area contributed by atoms with Crippen molar-refractivity contribution in [2.24, 2.45) is 0 Å². The van der Waals surface area contributed by atoms with E-state index in [9.17, 15) is 39.6 Å². The number of carbonyl (C=O) groups excluding carboxylic acids is 4. The van der Waals surface area contributed by atoms with Crippen molar-refractivity contribution < 1.29 is 118 Å². The molecule has 0 radical (unpaired) electrons. The van der Waals surface area contributed by atoms with Gasteiger partial charge in [0.15, 0.2) is 0 Å². The number of carbonyl (C=O) groups is 4. The minimum atomic E-state index is -1.63. The van der Waals surface area contributed by atoms with Gasteiger partial charge in [0.1, 0.15) is 12.2 Å². The van der Waals surface area contributed by atoms with Gasteiger partial charge in [-0.3, -0.25) is 0 Å². The molecule has 0 saturated heterocycles. The molecule has 12 nitrogen and oxygen atoms in total. The molecule has 4 atom stereocenters. The van der Waals surface area contributed by atoms with E-state index >= 15 is 0 Å². The normalized spacial score (nSPS) is 13.4. The second-order valence-corrected chi connectivity index (χ2v) is 5.13. The van der Waals surface area contributed by atoms with Gasteiger partial charge in [-0.1, -0.05) is 0 Å². The van der Waals surface area contributed by atoms with Crippen LogP contribution in [0.3, 0.4) is 0 Å². The molecule has 152 valence electrons. The third kappa shape index (κ3) is 29.0. The molecule has 0 aliphatic heterocycles. The Labute approximate surface area is 241 Å². The smallest absolute Gasteiger partial charge is 0.550 e. The van der Waals surface area contributed by atoms with Crippen LogP contribution >= 0.6 is 0 Å². The number of aliphatic hydroxyl groups is 2. The van der Waals surface area contributed by atoms with E-state index < -0.39 is 61.1 Å². The third-order valence-corrected chi connectivity index (χ3v) is 2.31. The Morgan fingerprint density at radius 1 is 0.724 bits per heavy atom. The zero-order valence-electron chi connectivity index (χ0n) is 16.8. The predicted octanol–water partition coefficient (Wildman–Crippen LogP) is -13.1. The van der Waals surface area contributed by atoms with E-state index in [-0.39, 0.29) is 110 Å². The fraction of sp³-hybridized carbons (Fsp3) is 0.714. The maximum atomic E-state index is 10.2. The molecule has 0 rings (SSSR count). The average Bonchev–Trinajstić information content (AvgIpc) is 2.46. The first kappa shape index (κ1) is 40.3. The van der Waals surface area contributed by atoms with Crippen molar-refractivity contribution in [1.29, 1.82) is 0 Å². The summed E-state index contributed by atoms with van der Waals surface area (Å²) in [4.78, 5) is 40.5. The van der Waals surface area contributed by atoms with Gasteiger partial charge < -0.3 is 59.3 Å². The van der Waals surface area contributed by atoms with Crippen LogP contribution in [0.15, 0.2) is 0 Å². The van der Waals surface area contributed by atoms with Crippen molar-refractivity contribution >= 4 is 61.6 Å². The van der Waals surface area contributed by atoms with Gasteiger partial charge >= 0.3 is 96.9 Å². The maximum Gasteiger partial charge on any atom is 2.00 e. The van der Waals surface area contributed by atoms with Crippen LogP contribution in [0.4, 0.5) is 0 Å². The molecule has 0 amide bonds. The summed E-state index contributed by atoms with van der Waals surface area (Å²) in [7, 11) is 0. The van der Waals surface area contributed by atoms with E-state index in [4.69, 9.17) is 10.2 Å². The van der Waals surface area contributed by atoms with Crippen LogP contribution < -0.4 is 79.5 Å². The molecule has 0 aromatic rings. The molecular weight excluding hydrogens is 446 g/mol. The largest absolute Gasteiger partial charge is 2.00 e. The van der Waals surface area contributed by atoms with Gasteiger partial charge in [-0.05, 0) is 13.8 Å². The summed E-state index contributed by atoms with van der Waals surface area (Å²) in [6.07, 6.45) is -6.42. The monoisotopic (exact) mass is 466 g/mol. The molecule has 0 saturated carbocycles. The summed E-state index contributed by atoms with van der Waals surface area (Å²) in [5, 5.41) is 57.9. The van der Waals surface area contributed by atoms with Crippen molar-refractivity contribution in [2.75, 3.05) is 13.2 Å². The molecular formula is C14H20CaNa2O12. The number of carboxylic acid groups (broad SMARTS) is 4. The SMILES string of the molecule is CC(O)COC(CC(=O)[O-])C(=O)[O-].CC(O)COC(CC(=O)[O-])C(=O)[O-].[Ca+2].[Na+].[Na+]. The first-order chi connectivity index (χ1) is 11.9. The molecule has 0 aliphatic carbocycles. The first-order valence-electron chi connectivity index (χ1n) is 7.27. The van der Waals surface area contributed by atoms with Crippen molar-refractivity contribution in [3.05, 3.63) is 0 Å². The Hall–Kier alpha value is 0.980. The summed E-state index contributed by atoms with van der Waals surface area (Å²) in [5.74, 6) is -6.35. The fourth-order valence-corrected chi connectivity index (χ4v) is 1.23. The Morgan fingerprint density at radius 3 is 1.10 bits per heavy atom. The van der Waals surface area contributed by atoms with Crippen LogP contribution in [-0.2, 0) is 28.7 Å². The molecule has 0 heterocycles. The van der Waals surface area contributed by atoms with Gasteiger partial charge in [-0.25, -0.2) is 0 Å². The zero-order chi connectivity index (χ0) is 20.9. The van der Waals surface area contributed by atoms with Crippen LogP contribution in [-0.4, -0.2) is 109 Å². The number of hydrogen-bond donors (Lipinski definition) is 2. The molecule has 0 fully saturated rings. The standard InChI is InChI=1S/2C7H12O6.Ca.2Na/c2*1-4(8)3-13-5(7(11)12)2-6(9)10;;;/h2*4-5,8H,2-3H2,1H3,(H,9,10)(H,11,12);;;/q;;+2;2*+1/p-4. The summed E-state index contributed by atoms with van der Waals surface area (Å²) >= 11 is 0. The molecule has 2 N–H and O–H groups in total. The molecule has 0 aliphatic rings. The number of rotatable bonds is 12. The summed E-state index contributed by atoms with van der Waals surface area (Å²) < 4.78 is 9.09. The number of aliphatic hydroxyl groups excluding tert-OH is 2. The Bertz CT molecular complexity index is 434. The minimum absolute atomic E-state index is 0. The van der Waals surface area contributed by atoms with Crippen molar-refractivity contribution in [1.82, 2.24) is 0 Å². The number of carboxylic acids is 4. The first-order valence-corrected chi connectivity index (χ1v) is 7.27. The van der Waals surface area contributed by atoms with Crippen molar-refractivity contribution in [3.63, 3.8) is 0 Å². The van der Waals surface area contributed by atoms with Crippen LogP contribution in [0.2, 0.25) is 0 Å². The van der Waals surface area contributed by atoms with E-state index in [2.05, 4.69) is 9.47 Å². The molecule has 15 heteroatoms. The number of hydrogen-bond acceptors (Lipinski definition) is 12. The number of ether oxygens (including phenoxy) is 2. The molecule has 0 aromatic heterocycles. The summed E-state index contributed by atoms with van der Waals surface area (Å²) in [6, 6.07) is 0. The van der Waals surface area contributed by atoms with Gasteiger partial charge in [-0.15, -0.1) is 0 Å². The van der Waals surface area contributed by atoms with E-state index in [1.807, 2.05) is 0 Å². The zero-order valence-corrected chi connectivity index (χ0v) is 23.0. The van der Waals surface area contributed by atoms with E-state index in [0.29, 0.717) is 0 Å². The second kappa shape index (κ2) is 23.6. The Balaban J connectivity index is -0.000000120. The molecule has 0 bridgehead atoms. The molecule has 0 aromatic carbocycles. The van der Waals surface area contributed by atoms with Gasteiger partial charge in [0.2, 0.25) is 0 Å². The number of aliphatic carboxylic acids is 4. The van der Waals surface area contributed by atoms with Crippen molar-refractivity contribution in [3.8, 4) is 0 Å². The third-order valence-electron chi connectivity index (χ3n) is 2.31. The van der Waals surface area contributed by atoms with Gasteiger partial charge in [-0.2, -0.15) is 0 Å². The van der Waals surface area contributed by atoms with Crippen LogP contribution in [0.5, 0.6) is 0 Å². The quantitative estimate of drug-likeness (QED) is 0.256. The van der Waals surface area contributed by atoms with E-state index in [1.165, 1.54) is 13.8 Å². The van der Waals surface area contributed by atoms with Crippen molar-refractivity contribution in [2.45, 2.75) is 51.1 Å². The van der Waals surface area contributed by atoms with Crippen LogP contribution in [0, 0.1) is 0 Å². The summed E-state index contributed by atoms with van der Waals surface area (Å²) in [5.41, 5.74) is 0. The second-order valence-electron chi connectivity index (χ2n) is 5.13. The molecule has 0 spiro atoms. The predicted molar refractivity (Wildman–Crippen MR) is 77.9 cm³/mol. The van der Waals surface area contributed by atoms with Crippen LogP contribution in [0.1, 0.15) is 26.7 Å². The average molecular weight is 466 g/mol. The fourth-order valence-electron chi connectivity index (χ4n) is 1.23. The van der Waals surface area contributed by atoms with Gasteiger partial charge in [0, 0.05) is 24.8 Å². The molecule has 4 unspecified atom stereocenters. The molecule has 29 heavy (non-hydrogen) atoms. The topological polar surface area (TPSA) is 219 Å². The maximum absolute atomic E-state index is 10.2. The van der Waals surface area contributed by atoms with Crippen LogP contribution in [0.25, 0.3) is 0 Å². The van der Waals surface area contributed by atoms with Gasteiger partial charge in [0.25, 0.3) is 0 Å². The van der Waals surface area contributed by atoms with E-state index in [1.54, 1.807) is 0 Å². The minimum Gasteiger partial charge on any atom is -0.550 e. The Morgan fingerprint density at radius 2 is 0.966 bits per heavy atom. The Kier molecular flexibility index (Phi) is 32.9.